The van der Waals surface area contributed by atoms with Gasteiger partial charge in [-0.2, -0.15) is 30.0 Å². The number of nitrogens with zero attached hydrogens (tertiary/aromatic N) is 13. The van der Waals surface area contributed by atoms with E-state index in [-0.39, 0.29) is 28.7 Å². The second-order valence-corrected chi connectivity index (χ2v) is 25.2. The highest BCUT2D eigenvalue weighted by Crippen LogP contribution is 2.82. The van der Waals surface area contributed by atoms with Gasteiger partial charge in [-0.25, -0.2) is 23.9 Å². The molecule has 7 aromatic carbocycles. The lowest BCUT2D eigenvalue weighted by Gasteiger charge is -2.44. The van der Waals surface area contributed by atoms with Crippen molar-refractivity contribution in [1.82, 2.24) is 23.9 Å². The van der Waals surface area contributed by atoms with E-state index in [1.807, 2.05) is 36.4 Å². The van der Waals surface area contributed by atoms with Crippen molar-refractivity contribution in [3.05, 3.63) is 210 Å². The monoisotopic (exact) mass is 1080 g/mol. The molecule has 0 amide bonds. The van der Waals surface area contributed by atoms with Crippen LogP contribution in [-0.2, 0) is 0 Å². The first kappa shape index (κ1) is 53.4. The van der Waals surface area contributed by atoms with E-state index in [9.17, 15) is 25.5 Å². The summed E-state index contributed by atoms with van der Waals surface area (Å²) in [5, 5.41) is 79.6. The van der Waals surface area contributed by atoms with Crippen molar-refractivity contribution in [1.29, 1.82) is 0 Å². The molecule has 76 heavy (non-hydrogen) atoms. The van der Waals surface area contributed by atoms with Gasteiger partial charge in [0.1, 0.15) is 34.5 Å². The second-order valence-electron chi connectivity index (χ2n) is 16.8. The fourth-order valence-electron chi connectivity index (χ4n) is 7.29. The summed E-state index contributed by atoms with van der Waals surface area (Å²) in [6.07, 6.45) is 9.12. The number of phenolic OH excluding ortho intramolecular Hbond substituents is 5. The van der Waals surface area contributed by atoms with Gasteiger partial charge in [0, 0.05) is 63.1 Å². The molecule has 7 aromatic rings. The third-order valence-corrected chi connectivity index (χ3v) is 22.2. The Morgan fingerprint density at radius 3 is 0.987 bits per heavy atom. The van der Waals surface area contributed by atoms with Crippen LogP contribution in [0, 0.1) is 0 Å². The van der Waals surface area contributed by atoms with E-state index in [4.69, 9.17) is 43.6 Å². The van der Waals surface area contributed by atoms with Crippen LogP contribution < -0.4 is 4.52 Å². The van der Waals surface area contributed by atoms with Crippen molar-refractivity contribution in [2.75, 3.05) is 35.2 Å². The molecule has 0 saturated heterocycles. The Labute approximate surface area is 441 Å². The van der Waals surface area contributed by atoms with Crippen LogP contribution >= 0.6 is 22.6 Å². The molecule has 1 aliphatic rings. The van der Waals surface area contributed by atoms with Crippen LogP contribution in [0.2, 0.25) is 0 Å². The Morgan fingerprint density at radius 1 is 0.382 bits per heavy atom. The Balaban J connectivity index is 1.48. The summed E-state index contributed by atoms with van der Waals surface area (Å²) in [5.74, 6) is 0.157. The second kappa shape index (κ2) is 23.5. The highest BCUT2D eigenvalue weighted by Gasteiger charge is 2.49. The maximum absolute atomic E-state index is 11.0. The number of hydrogen-bond acceptors (Lipinski definition) is 19. The normalized spacial score (nSPS) is 17.1. The van der Waals surface area contributed by atoms with Gasteiger partial charge in [-0.15, -0.1) is 9.03 Å². The molecule has 388 valence electrons. The highest BCUT2D eigenvalue weighted by atomic mass is 31.3. The van der Waals surface area contributed by atoms with Gasteiger partial charge >= 0.3 is 22.6 Å². The topological polar surface area (TPSA) is 225 Å². The molecule has 1 heterocycles. The van der Waals surface area contributed by atoms with Crippen LogP contribution in [0.3, 0.4) is 0 Å². The Bertz CT molecular complexity index is 3300. The molecule has 2 unspecified atom stereocenters. The van der Waals surface area contributed by atoms with Crippen molar-refractivity contribution in [2.45, 2.75) is 0 Å². The van der Waals surface area contributed by atoms with E-state index in [0.29, 0.717) is 33.6 Å². The Hall–Kier alpha value is -8.88. The van der Waals surface area contributed by atoms with E-state index < -0.39 is 22.6 Å². The summed E-state index contributed by atoms with van der Waals surface area (Å²) in [5.41, 5.74) is 4.72. The van der Waals surface area contributed by atoms with Crippen LogP contribution in [-0.4, -0.2) is 116 Å². The van der Waals surface area contributed by atoms with Gasteiger partial charge in [-0.3, -0.25) is 0 Å². The number of phenols is 5. The quantitative estimate of drug-likeness (QED) is 0.0291. The third kappa shape index (κ3) is 11.9. The molecule has 5 N–H and O–H groups in total. The first-order valence-corrected chi connectivity index (χ1v) is 28.2. The van der Waals surface area contributed by atoms with E-state index >= 15 is 0 Å². The van der Waals surface area contributed by atoms with E-state index in [1.54, 1.807) is 151 Å². The van der Waals surface area contributed by atoms with Gasteiger partial charge < -0.3 is 30.1 Å². The molecular weight excluding hydrogens is 1020 g/mol. The Kier molecular flexibility index (Phi) is 16.5. The minimum absolute atomic E-state index is 0.0335. The van der Waals surface area contributed by atoms with E-state index in [1.165, 1.54) is 79.2 Å². The fourth-order valence-corrected chi connectivity index (χ4v) is 19.6. The first-order valence-electron chi connectivity index (χ1n) is 23.4. The summed E-state index contributed by atoms with van der Waals surface area (Å²) in [6.45, 7) is 3.89. The average Bonchev–Trinajstić information content (AvgIpc) is 3.44. The molecule has 2 atom stereocenters. The zero-order valence-electron chi connectivity index (χ0n) is 42.1. The predicted octanol–water partition coefficient (Wildman–Crippen LogP) is 12.6. The van der Waals surface area contributed by atoms with Crippen LogP contribution in [0.25, 0.3) is 17.2 Å². The van der Waals surface area contributed by atoms with Gasteiger partial charge in [0.05, 0.1) is 31.1 Å². The van der Waals surface area contributed by atoms with Gasteiger partial charge in [0.15, 0.2) is 0 Å². The molecule has 0 spiro atoms. The van der Waals surface area contributed by atoms with Gasteiger partial charge in [-0.05, 0) is 89.5 Å². The van der Waals surface area contributed by atoms with Crippen molar-refractivity contribution < 1.29 is 30.1 Å². The summed E-state index contributed by atoms with van der Waals surface area (Å²) in [6, 6.07) is 48.9. The van der Waals surface area contributed by atoms with E-state index in [0.717, 1.165) is 16.7 Å². The molecular formula is C54H56N13O6P3. The SMILES string of the molecule is C=Cc1ccc(-c2ccc(OP3(N(C)N=Cc4ccccc4O)=NP(N(C)/N=C/c4ccccc4O)(N(C)/N=C/c4ccccc4O)=NP(N(C)N=Cc4ccccc4O)(N(C)/N=C/c4ccccc4O)=N3)cc2)cc1. The van der Waals surface area contributed by atoms with Crippen LogP contribution in [0.4, 0.5) is 0 Å². The molecule has 1 aliphatic heterocycles. The zero-order valence-corrected chi connectivity index (χ0v) is 44.8. The van der Waals surface area contributed by atoms with E-state index in [2.05, 4.69) is 6.58 Å². The van der Waals surface area contributed by atoms with Crippen molar-refractivity contribution in [2.24, 2.45) is 39.1 Å². The van der Waals surface area contributed by atoms with Crippen molar-refractivity contribution in [3.8, 4) is 45.6 Å². The lowest BCUT2D eigenvalue weighted by Crippen LogP contribution is -2.27. The maximum Gasteiger partial charge on any atom is 0.378 e. The van der Waals surface area contributed by atoms with Crippen molar-refractivity contribution >= 4 is 59.7 Å². The van der Waals surface area contributed by atoms with Gasteiger partial charge in [-0.1, -0.05) is 110 Å². The number of hydrogen-bond donors (Lipinski definition) is 5. The number of rotatable bonds is 19. The Morgan fingerprint density at radius 2 is 0.671 bits per heavy atom. The maximum atomic E-state index is 11.0. The molecule has 0 saturated carbocycles. The van der Waals surface area contributed by atoms with Crippen LogP contribution in [0.15, 0.2) is 215 Å². The minimum atomic E-state index is -4.19. The molecule has 0 radical (unpaired) electrons. The van der Waals surface area contributed by atoms with Crippen molar-refractivity contribution in [3.63, 3.8) is 0 Å². The van der Waals surface area contributed by atoms with Crippen LogP contribution in [0.1, 0.15) is 33.4 Å². The predicted molar refractivity (Wildman–Crippen MR) is 308 cm³/mol. The molecule has 0 fully saturated rings. The number of para-hydroxylation sites is 5. The third-order valence-electron chi connectivity index (χ3n) is 11.7. The number of hydrazone groups is 5. The highest BCUT2D eigenvalue weighted by molar-refractivity contribution is 7.82. The summed E-state index contributed by atoms with van der Waals surface area (Å²) in [4.78, 5) is 0. The molecule has 0 aliphatic carbocycles. The molecule has 19 nitrogen and oxygen atoms in total. The molecule has 22 heteroatoms. The number of benzene rings is 7. The molecule has 0 aromatic heterocycles. The first-order chi connectivity index (χ1) is 36.6. The van der Waals surface area contributed by atoms with Crippen LogP contribution in [0.5, 0.6) is 34.5 Å². The standard InChI is InChI=1S/C54H56N13O6P3/c1-7-41-28-30-42(31-29-41)43-32-34-49(35-33-43)73-76(67(6)59-40-48-22-12-17-27-54(48)72)61-74(63(2)55-36-44-18-8-13-23-50(44)68,64(3)56-37-45-19-9-14-24-51(45)69)60-75(62-76,65(4)57-38-46-20-10-15-25-52(46)70)66(5)58-39-47-21-11-16-26-53(47)71/h7-40,68-72H,1H2,2-6H3/b55-36+,56-37+,57-38+,58-39?,59-40?. The summed E-state index contributed by atoms with van der Waals surface area (Å²) >= 11 is 0. The smallest absolute Gasteiger partial charge is 0.378 e. The van der Waals surface area contributed by atoms with Gasteiger partial charge in [0.2, 0.25) is 0 Å². The molecule has 0 bridgehead atoms. The largest absolute Gasteiger partial charge is 0.507 e. The average molecular weight is 1080 g/mol. The zero-order chi connectivity index (χ0) is 53.9. The lowest BCUT2D eigenvalue weighted by molar-refractivity contribution is 0.456. The van der Waals surface area contributed by atoms with Gasteiger partial charge in [0.25, 0.3) is 0 Å². The summed E-state index contributed by atoms with van der Waals surface area (Å²) in [7, 11) is -4.04. The minimum Gasteiger partial charge on any atom is -0.507 e. The number of aromatic hydroxyl groups is 5. The fraction of sp³-hybridized carbons (Fsp3) is 0.0926. The summed E-state index contributed by atoms with van der Waals surface area (Å²) < 4.78 is 32.0. The molecule has 8 rings (SSSR count). The lowest BCUT2D eigenvalue weighted by atomic mass is 10.0.